The summed E-state index contributed by atoms with van der Waals surface area (Å²) in [4.78, 5) is 54.8. The number of aromatic nitrogens is 3. The number of rotatable bonds is 6. The lowest BCUT2D eigenvalue weighted by Gasteiger charge is -2.10. The summed E-state index contributed by atoms with van der Waals surface area (Å²) in [7, 11) is 0. The number of aromatic amines is 1. The average molecular weight is 496 g/mol. The number of hydrogen-bond acceptors (Lipinski definition) is 7. The maximum atomic E-state index is 13.5. The third-order valence-corrected chi connectivity index (χ3v) is 5.01. The molecule has 1 N–H and O–H groups in total. The van der Waals surface area contributed by atoms with Crippen molar-refractivity contribution in [3.8, 4) is 11.6 Å². The quantitative estimate of drug-likeness (QED) is 0.408. The van der Waals surface area contributed by atoms with Gasteiger partial charge in [-0.25, -0.2) is 19.4 Å². The Morgan fingerprint density at radius 3 is 2.46 bits per heavy atom. The average Bonchev–Trinajstić information content (AvgIpc) is 2.87. The van der Waals surface area contributed by atoms with Crippen LogP contribution in [0.3, 0.4) is 0 Å². The van der Waals surface area contributed by atoms with Crippen LogP contribution in [0.2, 0.25) is 5.02 Å². The van der Waals surface area contributed by atoms with E-state index < -0.39 is 29.0 Å². The van der Waals surface area contributed by atoms with Gasteiger partial charge < -0.3 is 14.5 Å². The third-order valence-electron chi connectivity index (χ3n) is 4.72. The maximum Gasteiger partial charge on any atom is 0.344 e. The van der Waals surface area contributed by atoms with E-state index in [1.807, 2.05) is 0 Å². The molecule has 176 valence electrons. The highest BCUT2D eigenvalue weighted by molar-refractivity contribution is 6.32. The minimum absolute atomic E-state index is 0.00754. The molecule has 2 aromatic heterocycles. The van der Waals surface area contributed by atoms with Crippen molar-refractivity contribution in [2.75, 3.05) is 0 Å². The Morgan fingerprint density at radius 1 is 0.971 bits per heavy atom. The molecule has 9 nitrogen and oxygen atoms in total. The summed E-state index contributed by atoms with van der Waals surface area (Å²) in [6.45, 7) is -0.275. The lowest BCUT2D eigenvalue weighted by molar-refractivity contribution is 0.0726. The molecule has 4 aromatic rings. The second-order valence-corrected chi connectivity index (χ2v) is 7.54. The van der Waals surface area contributed by atoms with E-state index in [1.54, 1.807) is 36.4 Å². The molecule has 0 saturated carbocycles. The van der Waals surface area contributed by atoms with Crippen molar-refractivity contribution in [1.82, 2.24) is 14.5 Å². The number of halogens is 2. The molecule has 0 fully saturated rings. The minimum atomic E-state index is -1.11. The Labute approximate surface area is 201 Å². The maximum absolute atomic E-state index is 13.5. The molecule has 4 rings (SSSR count). The van der Waals surface area contributed by atoms with E-state index in [0.717, 1.165) is 6.20 Å². The number of benzene rings is 2. The van der Waals surface area contributed by atoms with Gasteiger partial charge in [0.05, 0.1) is 23.9 Å². The fourth-order valence-corrected chi connectivity index (χ4v) is 3.17. The van der Waals surface area contributed by atoms with Gasteiger partial charge in [-0.2, -0.15) is 4.39 Å². The fraction of sp³-hybridized carbons (Fsp3) is 0.0417. The highest BCUT2D eigenvalue weighted by Crippen LogP contribution is 2.28. The Morgan fingerprint density at radius 2 is 1.69 bits per heavy atom. The van der Waals surface area contributed by atoms with E-state index in [2.05, 4.69) is 9.97 Å². The van der Waals surface area contributed by atoms with Gasteiger partial charge in [0.2, 0.25) is 11.7 Å². The first-order valence-corrected chi connectivity index (χ1v) is 10.4. The SMILES string of the molecule is O=C(Oc1cc(OC(=O)c2cccc(Cn3c(=O)[nH]cc(F)c3=O)c2)c(Cl)cn1)c1ccccc1. The van der Waals surface area contributed by atoms with Crippen LogP contribution in [0, 0.1) is 5.82 Å². The van der Waals surface area contributed by atoms with Crippen LogP contribution in [-0.2, 0) is 6.54 Å². The van der Waals surface area contributed by atoms with E-state index in [4.69, 9.17) is 21.1 Å². The normalized spacial score (nSPS) is 10.6. The highest BCUT2D eigenvalue weighted by Gasteiger charge is 2.16. The number of nitrogens with one attached hydrogen (secondary N) is 1. The number of pyridine rings is 1. The van der Waals surface area contributed by atoms with Crippen LogP contribution < -0.4 is 20.7 Å². The molecular weight excluding hydrogens is 481 g/mol. The zero-order valence-electron chi connectivity index (χ0n) is 17.7. The topological polar surface area (TPSA) is 120 Å². The van der Waals surface area contributed by atoms with Gasteiger partial charge in [-0.3, -0.25) is 9.36 Å². The number of carbonyl (C=O) groups excluding carboxylic acids is 2. The van der Waals surface area contributed by atoms with Gasteiger partial charge in [-0.1, -0.05) is 41.9 Å². The Balaban J connectivity index is 1.52. The predicted molar refractivity (Wildman–Crippen MR) is 122 cm³/mol. The number of hydrogen-bond donors (Lipinski definition) is 1. The Hall–Kier alpha value is -4.57. The van der Waals surface area contributed by atoms with Gasteiger partial charge in [0, 0.05) is 12.3 Å². The zero-order valence-corrected chi connectivity index (χ0v) is 18.5. The number of esters is 2. The van der Waals surface area contributed by atoms with Crippen molar-refractivity contribution in [3.05, 3.63) is 121 Å². The third kappa shape index (κ3) is 5.50. The van der Waals surface area contributed by atoms with Gasteiger partial charge in [-0.05, 0) is 29.8 Å². The van der Waals surface area contributed by atoms with Gasteiger partial charge in [0.15, 0.2) is 5.75 Å². The van der Waals surface area contributed by atoms with Crippen LogP contribution >= 0.6 is 11.6 Å². The molecule has 0 aliphatic carbocycles. The minimum Gasteiger partial charge on any atom is -0.421 e. The van der Waals surface area contributed by atoms with Crippen molar-refractivity contribution >= 4 is 23.5 Å². The van der Waals surface area contributed by atoms with Gasteiger partial charge in [0.25, 0.3) is 5.56 Å². The van der Waals surface area contributed by atoms with Gasteiger partial charge in [-0.15, -0.1) is 0 Å². The first kappa shape index (κ1) is 23.6. The second kappa shape index (κ2) is 10.1. The molecular formula is C24H15ClFN3O6. The van der Waals surface area contributed by atoms with Crippen molar-refractivity contribution in [2.45, 2.75) is 6.54 Å². The molecule has 0 bridgehead atoms. The van der Waals surface area contributed by atoms with Gasteiger partial charge >= 0.3 is 17.6 Å². The van der Waals surface area contributed by atoms with Gasteiger partial charge in [0.1, 0.15) is 5.02 Å². The molecule has 0 unspecified atom stereocenters. The summed E-state index contributed by atoms with van der Waals surface area (Å²) in [6, 6.07) is 15.3. The highest BCUT2D eigenvalue weighted by atomic mass is 35.5. The van der Waals surface area contributed by atoms with Crippen molar-refractivity contribution in [1.29, 1.82) is 0 Å². The van der Waals surface area contributed by atoms with E-state index in [1.165, 1.54) is 24.3 Å². The van der Waals surface area contributed by atoms with Crippen LogP contribution in [0.5, 0.6) is 11.6 Å². The van der Waals surface area contributed by atoms with E-state index in [9.17, 15) is 23.6 Å². The molecule has 0 atom stereocenters. The lowest BCUT2D eigenvalue weighted by Crippen LogP contribution is -2.36. The molecule has 2 aromatic carbocycles. The summed E-state index contributed by atoms with van der Waals surface area (Å²) >= 11 is 6.08. The molecule has 11 heteroatoms. The monoisotopic (exact) mass is 495 g/mol. The number of carbonyl (C=O) groups is 2. The largest absolute Gasteiger partial charge is 0.421 e. The van der Waals surface area contributed by atoms with Crippen molar-refractivity contribution in [3.63, 3.8) is 0 Å². The summed E-state index contributed by atoms with van der Waals surface area (Å²) in [6.07, 6.45) is 1.84. The smallest absolute Gasteiger partial charge is 0.344 e. The number of ether oxygens (including phenoxy) is 2. The number of nitrogens with zero attached hydrogens (tertiary/aromatic N) is 2. The predicted octanol–water partition coefficient (Wildman–Crippen LogP) is 3.21. The first-order chi connectivity index (χ1) is 16.8. The summed E-state index contributed by atoms with van der Waals surface area (Å²) in [5.74, 6) is -2.83. The van der Waals surface area contributed by atoms with Crippen LogP contribution in [-0.4, -0.2) is 26.5 Å². The van der Waals surface area contributed by atoms with Crippen LogP contribution in [0.25, 0.3) is 0 Å². The molecule has 0 saturated heterocycles. The lowest BCUT2D eigenvalue weighted by atomic mass is 10.1. The standard InChI is InChI=1S/C24H15ClFN3O6/c25-17-11-27-20(35-22(31)15-6-2-1-3-7-15)10-19(17)34-23(32)16-8-4-5-14(9-16)13-29-21(30)18(26)12-28-24(29)33/h1-12H,13H2,(H,28,33). The van der Waals surface area contributed by atoms with E-state index in [-0.39, 0.29) is 28.8 Å². The first-order valence-electron chi connectivity index (χ1n) is 10.0. The molecule has 35 heavy (non-hydrogen) atoms. The number of H-pyrrole nitrogens is 1. The second-order valence-electron chi connectivity index (χ2n) is 7.13. The fourth-order valence-electron chi connectivity index (χ4n) is 3.03. The molecule has 2 heterocycles. The molecule has 0 radical (unpaired) electrons. The van der Waals surface area contributed by atoms with Crippen LogP contribution in [0.15, 0.2) is 82.6 Å². The summed E-state index contributed by atoms with van der Waals surface area (Å²) in [5.41, 5.74) is -1.15. The molecule has 0 aliphatic heterocycles. The Kier molecular flexibility index (Phi) is 6.83. The zero-order chi connectivity index (χ0) is 24.9. The van der Waals surface area contributed by atoms with E-state index >= 15 is 0 Å². The Bertz CT molecular complexity index is 1530. The summed E-state index contributed by atoms with van der Waals surface area (Å²) < 4.78 is 24.7. The van der Waals surface area contributed by atoms with Crippen molar-refractivity contribution < 1.29 is 23.5 Å². The van der Waals surface area contributed by atoms with Crippen LogP contribution in [0.4, 0.5) is 4.39 Å². The summed E-state index contributed by atoms with van der Waals surface area (Å²) in [5, 5.41) is -0.00754. The molecule has 0 amide bonds. The molecule has 0 aliphatic rings. The van der Waals surface area contributed by atoms with Crippen molar-refractivity contribution in [2.24, 2.45) is 0 Å². The van der Waals surface area contributed by atoms with Crippen LogP contribution in [0.1, 0.15) is 26.3 Å². The molecule has 0 spiro atoms. The van der Waals surface area contributed by atoms with E-state index in [0.29, 0.717) is 21.9 Å².